The lowest BCUT2D eigenvalue weighted by Crippen LogP contribution is -2.39. The number of H-pyrrole nitrogens is 1. The lowest BCUT2D eigenvalue weighted by molar-refractivity contribution is -0.134. The van der Waals surface area contributed by atoms with Crippen LogP contribution in [-0.4, -0.2) is 39.1 Å². The Hall–Kier alpha value is -2.51. The summed E-state index contributed by atoms with van der Waals surface area (Å²) in [5.41, 5.74) is 0.638. The van der Waals surface area contributed by atoms with Crippen LogP contribution >= 0.6 is 0 Å². The van der Waals surface area contributed by atoms with Gasteiger partial charge in [-0.25, -0.2) is 4.98 Å². The number of carbonyl (C=O) groups excluding carboxylic acids is 1. The highest BCUT2D eigenvalue weighted by Gasteiger charge is 2.30. The first kappa shape index (κ1) is 17.3. The molecule has 1 aromatic heterocycles. The number of aromatic amines is 1. The number of likely N-dealkylation sites (tertiary alicyclic amines) is 1. The number of nitrogens with one attached hydrogen (secondary N) is 1. The van der Waals surface area contributed by atoms with Gasteiger partial charge in [0.25, 0.3) is 0 Å². The predicted molar refractivity (Wildman–Crippen MR) is 86.2 cm³/mol. The van der Waals surface area contributed by atoms with Gasteiger partial charge in [-0.2, -0.15) is 13.9 Å². The average Bonchev–Trinajstić information content (AvgIpc) is 3.01. The van der Waals surface area contributed by atoms with Crippen LogP contribution < -0.4 is 4.74 Å². The molecule has 0 bridgehead atoms. The standard InChI is InChI=1S/C17H20F2N4O2/c1-11-20-16(22-21-11)14-7-2-3-8-23(14)15(24)10-12-5-4-6-13(9-12)25-17(18)19/h4-6,9,14,17H,2-3,7-8,10H2,1H3,(H,20,21,22). The molecule has 1 atom stereocenters. The molecule has 0 radical (unpaired) electrons. The van der Waals surface area contributed by atoms with Gasteiger partial charge < -0.3 is 9.64 Å². The number of ether oxygens (including phenoxy) is 1. The highest BCUT2D eigenvalue weighted by molar-refractivity contribution is 5.79. The van der Waals surface area contributed by atoms with E-state index in [9.17, 15) is 13.6 Å². The van der Waals surface area contributed by atoms with Gasteiger partial charge in [0.1, 0.15) is 11.6 Å². The quantitative estimate of drug-likeness (QED) is 0.900. The number of carbonyl (C=O) groups is 1. The number of amides is 1. The summed E-state index contributed by atoms with van der Waals surface area (Å²) in [7, 11) is 0. The molecule has 0 aliphatic carbocycles. The molecule has 6 nitrogen and oxygen atoms in total. The molecule has 1 aliphatic heterocycles. The average molecular weight is 350 g/mol. The molecule has 1 aromatic carbocycles. The summed E-state index contributed by atoms with van der Waals surface area (Å²) in [5, 5.41) is 7.01. The van der Waals surface area contributed by atoms with Gasteiger partial charge in [-0.3, -0.25) is 9.89 Å². The molecule has 1 fully saturated rings. The number of benzene rings is 1. The summed E-state index contributed by atoms with van der Waals surface area (Å²) in [6.07, 6.45) is 2.89. The third-order valence-electron chi connectivity index (χ3n) is 4.21. The topological polar surface area (TPSA) is 71.1 Å². The van der Waals surface area contributed by atoms with E-state index >= 15 is 0 Å². The van der Waals surface area contributed by atoms with Crippen LogP contribution in [0.15, 0.2) is 24.3 Å². The van der Waals surface area contributed by atoms with Gasteiger partial charge in [-0.15, -0.1) is 0 Å². The lowest BCUT2D eigenvalue weighted by Gasteiger charge is -2.34. The number of nitrogens with zero attached hydrogens (tertiary/aromatic N) is 3. The summed E-state index contributed by atoms with van der Waals surface area (Å²) in [6.45, 7) is -0.420. The van der Waals surface area contributed by atoms with Crippen LogP contribution in [0, 0.1) is 6.92 Å². The normalized spacial score (nSPS) is 17.8. The molecule has 134 valence electrons. The van der Waals surface area contributed by atoms with E-state index in [1.54, 1.807) is 17.0 Å². The zero-order valence-corrected chi connectivity index (χ0v) is 13.9. The van der Waals surface area contributed by atoms with Gasteiger partial charge in [0.2, 0.25) is 5.91 Å². The monoisotopic (exact) mass is 350 g/mol. The minimum absolute atomic E-state index is 0.0556. The summed E-state index contributed by atoms with van der Waals surface area (Å²) < 4.78 is 29.1. The first-order chi connectivity index (χ1) is 12.0. The molecule has 25 heavy (non-hydrogen) atoms. The van der Waals surface area contributed by atoms with E-state index in [1.165, 1.54) is 12.1 Å². The Morgan fingerprint density at radius 3 is 3.00 bits per heavy atom. The molecule has 3 rings (SSSR count). The summed E-state index contributed by atoms with van der Waals surface area (Å²) in [4.78, 5) is 18.9. The van der Waals surface area contributed by atoms with E-state index in [1.807, 2.05) is 6.92 Å². The molecule has 1 unspecified atom stereocenters. The number of hydrogen-bond acceptors (Lipinski definition) is 4. The summed E-state index contributed by atoms with van der Waals surface area (Å²) >= 11 is 0. The largest absolute Gasteiger partial charge is 0.435 e. The highest BCUT2D eigenvalue weighted by atomic mass is 19.3. The maximum Gasteiger partial charge on any atom is 0.387 e. The van der Waals surface area contributed by atoms with E-state index in [2.05, 4.69) is 19.9 Å². The molecular weight excluding hydrogens is 330 g/mol. The second kappa shape index (κ2) is 7.58. The fraction of sp³-hybridized carbons (Fsp3) is 0.471. The molecule has 1 saturated heterocycles. The second-order valence-electron chi connectivity index (χ2n) is 6.08. The Bertz CT molecular complexity index is 735. The Morgan fingerprint density at radius 2 is 2.28 bits per heavy atom. The van der Waals surface area contributed by atoms with Crippen LogP contribution in [0.1, 0.15) is 42.5 Å². The van der Waals surface area contributed by atoms with Crippen molar-refractivity contribution in [2.75, 3.05) is 6.54 Å². The first-order valence-corrected chi connectivity index (χ1v) is 8.25. The molecule has 0 spiro atoms. The Labute approximate surface area is 144 Å². The van der Waals surface area contributed by atoms with Crippen molar-refractivity contribution < 1.29 is 18.3 Å². The molecule has 2 aromatic rings. The molecule has 1 aliphatic rings. The molecule has 1 amide bonds. The van der Waals surface area contributed by atoms with Crippen LogP contribution in [0.4, 0.5) is 8.78 Å². The third-order valence-corrected chi connectivity index (χ3v) is 4.21. The predicted octanol–water partition coefficient (Wildman–Crippen LogP) is 3.01. The Kier molecular flexibility index (Phi) is 5.25. The lowest BCUT2D eigenvalue weighted by atomic mass is 10.00. The molecule has 0 saturated carbocycles. The number of alkyl halides is 2. The molecular formula is C17H20F2N4O2. The fourth-order valence-corrected chi connectivity index (χ4v) is 3.12. The van der Waals surface area contributed by atoms with E-state index in [0.29, 0.717) is 23.8 Å². The van der Waals surface area contributed by atoms with Gasteiger partial charge in [0.15, 0.2) is 5.82 Å². The van der Waals surface area contributed by atoms with Crippen LogP contribution in [0.2, 0.25) is 0 Å². The summed E-state index contributed by atoms with van der Waals surface area (Å²) in [5.74, 6) is 1.33. The number of hydrogen-bond donors (Lipinski definition) is 1. The first-order valence-electron chi connectivity index (χ1n) is 8.25. The van der Waals surface area contributed by atoms with Crippen LogP contribution in [0.3, 0.4) is 0 Å². The van der Waals surface area contributed by atoms with Crippen LogP contribution in [0.5, 0.6) is 5.75 Å². The second-order valence-corrected chi connectivity index (χ2v) is 6.08. The van der Waals surface area contributed by atoms with Gasteiger partial charge in [-0.1, -0.05) is 12.1 Å². The number of aryl methyl sites for hydroxylation is 1. The minimum Gasteiger partial charge on any atom is -0.435 e. The fourth-order valence-electron chi connectivity index (χ4n) is 3.12. The third kappa shape index (κ3) is 4.32. The van der Waals surface area contributed by atoms with Crippen molar-refractivity contribution in [2.45, 2.75) is 45.3 Å². The van der Waals surface area contributed by atoms with Crippen molar-refractivity contribution in [1.82, 2.24) is 20.1 Å². The van der Waals surface area contributed by atoms with Crippen molar-refractivity contribution in [3.05, 3.63) is 41.5 Å². The number of aromatic nitrogens is 3. The number of halogens is 2. The zero-order valence-electron chi connectivity index (χ0n) is 13.9. The van der Waals surface area contributed by atoms with E-state index in [0.717, 1.165) is 19.3 Å². The van der Waals surface area contributed by atoms with Crippen molar-refractivity contribution in [3.8, 4) is 5.75 Å². The molecule has 2 heterocycles. The van der Waals surface area contributed by atoms with Crippen LogP contribution in [-0.2, 0) is 11.2 Å². The number of piperidine rings is 1. The Balaban J connectivity index is 1.72. The van der Waals surface area contributed by atoms with E-state index in [4.69, 9.17) is 0 Å². The summed E-state index contributed by atoms with van der Waals surface area (Å²) in [6, 6.07) is 6.10. The van der Waals surface area contributed by atoms with Crippen molar-refractivity contribution in [2.24, 2.45) is 0 Å². The molecule has 8 heteroatoms. The van der Waals surface area contributed by atoms with Crippen molar-refractivity contribution in [3.63, 3.8) is 0 Å². The highest BCUT2D eigenvalue weighted by Crippen LogP contribution is 2.29. The Morgan fingerprint density at radius 1 is 1.44 bits per heavy atom. The SMILES string of the molecule is Cc1nc(C2CCCCN2C(=O)Cc2cccc(OC(F)F)c2)n[nH]1. The van der Waals surface area contributed by atoms with Crippen LogP contribution in [0.25, 0.3) is 0 Å². The van der Waals surface area contributed by atoms with Gasteiger partial charge >= 0.3 is 6.61 Å². The maximum atomic E-state index is 12.8. The van der Waals surface area contributed by atoms with Crippen molar-refractivity contribution >= 4 is 5.91 Å². The molecule has 1 N–H and O–H groups in total. The minimum atomic E-state index is -2.88. The van der Waals surface area contributed by atoms with Gasteiger partial charge in [0.05, 0.1) is 12.5 Å². The number of rotatable bonds is 5. The van der Waals surface area contributed by atoms with Gasteiger partial charge in [0, 0.05) is 6.54 Å². The van der Waals surface area contributed by atoms with E-state index < -0.39 is 6.61 Å². The van der Waals surface area contributed by atoms with Gasteiger partial charge in [-0.05, 0) is 43.9 Å². The van der Waals surface area contributed by atoms with Crippen molar-refractivity contribution in [1.29, 1.82) is 0 Å². The maximum absolute atomic E-state index is 12.8. The zero-order chi connectivity index (χ0) is 17.8. The van der Waals surface area contributed by atoms with E-state index in [-0.39, 0.29) is 24.1 Å². The smallest absolute Gasteiger partial charge is 0.387 e.